The van der Waals surface area contributed by atoms with E-state index in [9.17, 15) is 18.5 Å². The predicted molar refractivity (Wildman–Crippen MR) is 78.4 cm³/mol. The van der Waals surface area contributed by atoms with Gasteiger partial charge in [0.2, 0.25) is 10.0 Å². The monoisotopic (exact) mass is 328 g/mol. The second-order valence-corrected chi connectivity index (χ2v) is 6.81. The number of benzene rings is 1. The number of nitrogens with zero attached hydrogens (tertiary/aromatic N) is 2. The maximum atomic E-state index is 12.3. The molecular formula is C11H12N4O4S2. The molecule has 1 unspecified atom stereocenters. The van der Waals surface area contributed by atoms with Crippen LogP contribution in [0.1, 0.15) is 18.0 Å². The third kappa shape index (κ3) is 3.35. The van der Waals surface area contributed by atoms with E-state index in [1.54, 1.807) is 18.5 Å². The minimum Gasteiger partial charge on any atom is -0.399 e. The lowest BCUT2D eigenvalue weighted by Crippen LogP contribution is -2.27. The molecule has 0 radical (unpaired) electrons. The summed E-state index contributed by atoms with van der Waals surface area (Å²) < 4.78 is 27.0. The van der Waals surface area contributed by atoms with Crippen molar-refractivity contribution in [2.75, 3.05) is 5.73 Å². The lowest BCUT2D eigenvalue weighted by Gasteiger charge is -2.12. The second-order valence-electron chi connectivity index (χ2n) is 4.20. The average Bonchev–Trinajstić information content (AvgIpc) is 2.91. The van der Waals surface area contributed by atoms with Gasteiger partial charge in [-0.25, -0.2) is 18.1 Å². The first-order chi connectivity index (χ1) is 9.81. The van der Waals surface area contributed by atoms with Gasteiger partial charge in [0, 0.05) is 23.3 Å². The highest BCUT2D eigenvalue weighted by Gasteiger charge is 2.28. The standard InChI is InChI=1S/C11H12N4O4S2/c1-7(11-13-4-5-20-11)14-21(18,19)10-6-8(12)2-3-9(10)15(16)17/h2-7,14H,12H2,1H3. The molecule has 1 atom stereocenters. The first kappa shape index (κ1) is 15.4. The molecular weight excluding hydrogens is 316 g/mol. The third-order valence-corrected chi connectivity index (χ3v) is 5.15. The van der Waals surface area contributed by atoms with Crippen LogP contribution < -0.4 is 10.5 Å². The minimum atomic E-state index is -4.09. The molecule has 3 N–H and O–H groups in total. The molecule has 21 heavy (non-hydrogen) atoms. The summed E-state index contributed by atoms with van der Waals surface area (Å²) in [6.07, 6.45) is 1.55. The van der Waals surface area contributed by atoms with Gasteiger partial charge >= 0.3 is 0 Å². The summed E-state index contributed by atoms with van der Waals surface area (Å²) in [6.45, 7) is 1.61. The van der Waals surface area contributed by atoms with Crippen LogP contribution >= 0.6 is 11.3 Å². The summed E-state index contributed by atoms with van der Waals surface area (Å²) in [4.78, 5) is 13.7. The van der Waals surface area contributed by atoms with Crippen molar-refractivity contribution in [1.29, 1.82) is 0 Å². The Hall–Kier alpha value is -2.04. The van der Waals surface area contributed by atoms with Crippen LogP contribution in [0, 0.1) is 10.1 Å². The summed E-state index contributed by atoms with van der Waals surface area (Å²) in [5, 5.41) is 13.2. The zero-order chi connectivity index (χ0) is 15.6. The number of anilines is 1. The number of nitro benzene ring substituents is 1. The molecule has 0 saturated heterocycles. The van der Waals surface area contributed by atoms with Gasteiger partial charge in [-0.05, 0) is 19.1 Å². The molecule has 0 aliphatic heterocycles. The van der Waals surface area contributed by atoms with Gasteiger partial charge in [0.1, 0.15) is 5.01 Å². The van der Waals surface area contributed by atoms with Gasteiger partial charge in [0.25, 0.3) is 5.69 Å². The number of nitrogens with two attached hydrogens (primary N) is 1. The number of nitro groups is 1. The zero-order valence-corrected chi connectivity index (χ0v) is 12.5. The number of sulfonamides is 1. The van der Waals surface area contributed by atoms with Crippen molar-refractivity contribution in [3.8, 4) is 0 Å². The molecule has 2 aromatic rings. The summed E-state index contributed by atoms with van der Waals surface area (Å²) in [5.74, 6) is 0. The quantitative estimate of drug-likeness (QED) is 0.488. The lowest BCUT2D eigenvalue weighted by atomic mass is 10.3. The topological polar surface area (TPSA) is 128 Å². The van der Waals surface area contributed by atoms with E-state index in [-0.39, 0.29) is 5.69 Å². The van der Waals surface area contributed by atoms with Gasteiger partial charge in [-0.3, -0.25) is 10.1 Å². The summed E-state index contributed by atoms with van der Waals surface area (Å²) in [6, 6.07) is 2.81. The van der Waals surface area contributed by atoms with Crippen LogP contribution in [0.15, 0.2) is 34.7 Å². The molecule has 0 amide bonds. The molecule has 10 heteroatoms. The largest absolute Gasteiger partial charge is 0.399 e. The summed E-state index contributed by atoms with van der Waals surface area (Å²) in [7, 11) is -4.09. The van der Waals surface area contributed by atoms with E-state index in [0.717, 1.165) is 12.1 Å². The van der Waals surface area contributed by atoms with E-state index in [1.807, 2.05) is 0 Å². The number of nitrogen functional groups attached to an aromatic ring is 1. The Morgan fingerprint density at radius 3 is 2.76 bits per heavy atom. The average molecular weight is 328 g/mol. The van der Waals surface area contributed by atoms with Gasteiger partial charge in [0.05, 0.1) is 11.0 Å². The van der Waals surface area contributed by atoms with Crippen molar-refractivity contribution in [2.45, 2.75) is 17.9 Å². The third-order valence-electron chi connectivity index (χ3n) is 2.62. The molecule has 0 aliphatic rings. The Morgan fingerprint density at radius 2 is 2.19 bits per heavy atom. The highest BCUT2D eigenvalue weighted by Crippen LogP contribution is 2.27. The van der Waals surface area contributed by atoms with Crippen molar-refractivity contribution in [1.82, 2.24) is 9.71 Å². The molecule has 112 valence electrons. The Bertz CT molecular complexity index is 759. The maximum Gasteiger partial charge on any atom is 0.289 e. The normalized spacial score (nSPS) is 13.0. The first-order valence-corrected chi connectivity index (χ1v) is 8.13. The number of hydrogen-bond acceptors (Lipinski definition) is 7. The highest BCUT2D eigenvalue weighted by molar-refractivity contribution is 7.89. The van der Waals surface area contributed by atoms with Gasteiger partial charge in [0.15, 0.2) is 4.90 Å². The second kappa shape index (κ2) is 5.76. The van der Waals surface area contributed by atoms with Crippen LogP contribution in [0.2, 0.25) is 0 Å². The minimum absolute atomic E-state index is 0.128. The van der Waals surface area contributed by atoms with E-state index >= 15 is 0 Å². The fraction of sp³-hybridized carbons (Fsp3) is 0.182. The van der Waals surface area contributed by atoms with Crippen LogP contribution in [-0.2, 0) is 10.0 Å². The molecule has 1 heterocycles. The van der Waals surface area contributed by atoms with E-state index in [4.69, 9.17) is 5.73 Å². The highest BCUT2D eigenvalue weighted by atomic mass is 32.2. The van der Waals surface area contributed by atoms with Crippen molar-refractivity contribution in [3.05, 3.63) is 44.9 Å². The summed E-state index contributed by atoms with van der Waals surface area (Å²) in [5.41, 5.74) is 5.13. The van der Waals surface area contributed by atoms with E-state index < -0.39 is 31.6 Å². The van der Waals surface area contributed by atoms with Crippen LogP contribution in [-0.4, -0.2) is 18.3 Å². The zero-order valence-electron chi connectivity index (χ0n) is 10.9. The number of aromatic nitrogens is 1. The SMILES string of the molecule is CC(NS(=O)(=O)c1cc(N)ccc1[N+](=O)[O-])c1nccs1. The molecule has 0 spiro atoms. The van der Waals surface area contributed by atoms with Crippen molar-refractivity contribution < 1.29 is 13.3 Å². The van der Waals surface area contributed by atoms with E-state index in [0.29, 0.717) is 5.01 Å². The van der Waals surface area contributed by atoms with E-state index in [1.165, 1.54) is 17.4 Å². The molecule has 0 fully saturated rings. The number of hydrogen-bond donors (Lipinski definition) is 2. The Balaban J connectivity index is 2.40. The molecule has 2 rings (SSSR count). The Morgan fingerprint density at radius 1 is 1.48 bits per heavy atom. The van der Waals surface area contributed by atoms with Crippen LogP contribution in [0.3, 0.4) is 0 Å². The number of nitrogens with one attached hydrogen (secondary N) is 1. The molecule has 0 bridgehead atoms. The molecule has 0 saturated carbocycles. The Labute approximate surface area is 124 Å². The molecule has 8 nitrogen and oxygen atoms in total. The molecule has 1 aromatic carbocycles. The van der Waals surface area contributed by atoms with Crippen LogP contribution in [0.5, 0.6) is 0 Å². The van der Waals surface area contributed by atoms with Crippen LogP contribution in [0.4, 0.5) is 11.4 Å². The van der Waals surface area contributed by atoms with Crippen molar-refractivity contribution >= 4 is 32.7 Å². The van der Waals surface area contributed by atoms with Crippen molar-refractivity contribution in [2.24, 2.45) is 0 Å². The number of rotatable bonds is 5. The smallest absolute Gasteiger partial charge is 0.289 e. The van der Waals surface area contributed by atoms with Crippen molar-refractivity contribution in [3.63, 3.8) is 0 Å². The Kier molecular flexibility index (Phi) is 4.21. The predicted octanol–water partition coefficient (Wildman–Crippen LogP) is 1.67. The first-order valence-electron chi connectivity index (χ1n) is 5.77. The maximum absolute atomic E-state index is 12.3. The van der Waals surface area contributed by atoms with Crippen LogP contribution in [0.25, 0.3) is 0 Å². The van der Waals surface area contributed by atoms with E-state index in [2.05, 4.69) is 9.71 Å². The molecule has 1 aromatic heterocycles. The number of thiazole rings is 1. The van der Waals surface area contributed by atoms with Gasteiger partial charge < -0.3 is 5.73 Å². The fourth-order valence-corrected chi connectivity index (χ4v) is 3.83. The fourth-order valence-electron chi connectivity index (χ4n) is 1.69. The lowest BCUT2D eigenvalue weighted by molar-refractivity contribution is -0.387. The summed E-state index contributed by atoms with van der Waals surface area (Å²) >= 11 is 1.28. The molecule has 0 aliphatic carbocycles. The van der Waals surface area contributed by atoms with Gasteiger partial charge in [-0.15, -0.1) is 11.3 Å². The van der Waals surface area contributed by atoms with Gasteiger partial charge in [-0.2, -0.15) is 0 Å². The van der Waals surface area contributed by atoms with Gasteiger partial charge in [-0.1, -0.05) is 0 Å².